The van der Waals surface area contributed by atoms with E-state index in [0.717, 1.165) is 12.5 Å². The molecule has 3 heteroatoms. The molecule has 3 nitrogen and oxygen atoms in total. The quantitative estimate of drug-likeness (QED) is 0.568. The first-order valence-electron chi connectivity index (χ1n) is 8.16. The van der Waals surface area contributed by atoms with E-state index in [2.05, 4.69) is 23.6 Å². The Morgan fingerprint density at radius 3 is 1.95 bits per heavy atom. The van der Waals surface area contributed by atoms with E-state index in [1.54, 1.807) is 7.11 Å². The SMILES string of the molecule is COCCCCCN1CCN(CCCC(C)C)CC1. The molecule has 0 aliphatic carbocycles. The van der Waals surface area contributed by atoms with Crippen molar-refractivity contribution in [3.05, 3.63) is 0 Å². The van der Waals surface area contributed by atoms with Gasteiger partial charge in [-0.15, -0.1) is 0 Å². The lowest BCUT2D eigenvalue weighted by molar-refractivity contribution is 0.126. The molecule has 0 N–H and O–H groups in total. The Hall–Kier alpha value is -0.120. The summed E-state index contributed by atoms with van der Waals surface area (Å²) in [6, 6.07) is 0. The zero-order chi connectivity index (χ0) is 13.9. The van der Waals surface area contributed by atoms with E-state index in [9.17, 15) is 0 Å². The second-order valence-corrected chi connectivity index (χ2v) is 6.27. The second-order valence-electron chi connectivity index (χ2n) is 6.27. The summed E-state index contributed by atoms with van der Waals surface area (Å²) < 4.78 is 5.08. The fourth-order valence-electron chi connectivity index (χ4n) is 2.72. The Bertz CT molecular complexity index is 201. The first kappa shape index (κ1) is 16.9. The highest BCUT2D eigenvalue weighted by molar-refractivity contribution is 4.71. The molecule has 0 unspecified atom stereocenters. The molecule has 0 spiro atoms. The lowest BCUT2D eigenvalue weighted by atomic mass is 10.1. The van der Waals surface area contributed by atoms with Gasteiger partial charge in [-0.05, 0) is 51.1 Å². The van der Waals surface area contributed by atoms with Crippen molar-refractivity contribution in [1.82, 2.24) is 9.80 Å². The van der Waals surface area contributed by atoms with Crippen LogP contribution in [0.5, 0.6) is 0 Å². The highest BCUT2D eigenvalue weighted by Crippen LogP contribution is 2.08. The molecule has 0 saturated carbocycles. The van der Waals surface area contributed by atoms with Crippen molar-refractivity contribution < 1.29 is 4.74 Å². The summed E-state index contributed by atoms with van der Waals surface area (Å²) in [6.45, 7) is 13.2. The van der Waals surface area contributed by atoms with E-state index in [1.807, 2.05) is 0 Å². The van der Waals surface area contributed by atoms with Gasteiger partial charge in [0.05, 0.1) is 0 Å². The summed E-state index contributed by atoms with van der Waals surface area (Å²) in [5, 5.41) is 0. The maximum atomic E-state index is 5.08. The van der Waals surface area contributed by atoms with Gasteiger partial charge in [0, 0.05) is 39.9 Å². The van der Waals surface area contributed by atoms with Crippen LogP contribution in [0.15, 0.2) is 0 Å². The van der Waals surface area contributed by atoms with E-state index < -0.39 is 0 Å². The molecule has 114 valence electrons. The number of hydrogen-bond acceptors (Lipinski definition) is 3. The van der Waals surface area contributed by atoms with Crippen molar-refractivity contribution in [3.63, 3.8) is 0 Å². The Balaban J connectivity index is 1.96. The van der Waals surface area contributed by atoms with Gasteiger partial charge in [0.1, 0.15) is 0 Å². The summed E-state index contributed by atoms with van der Waals surface area (Å²) >= 11 is 0. The van der Waals surface area contributed by atoms with E-state index in [4.69, 9.17) is 4.74 Å². The molecule has 1 heterocycles. The van der Waals surface area contributed by atoms with Crippen LogP contribution in [-0.2, 0) is 4.74 Å². The molecule has 0 radical (unpaired) electrons. The van der Waals surface area contributed by atoms with E-state index in [1.165, 1.54) is 71.4 Å². The monoisotopic (exact) mass is 270 g/mol. The van der Waals surface area contributed by atoms with Gasteiger partial charge in [0.2, 0.25) is 0 Å². The standard InChI is InChI=1S/C16H34N2O/c1-16(2)8-7-10-18-13-11-17(12-14-18)9-5-4-6-15-19-3/h16H,4-15H2,1-3H3. The first-order valence-corrected chi connectivity index (χ1v) is 8.16. The molecule has 0 aromatic carbocycles. The summed E-state index contributed by atoms with van der Waals surface area (Å²) in [7, 11) is 1.79. The van der Waals surface area contributed by atoms with Gasteiger partial charge in [-0.25, -0.2) is 0 Å². The fraction of sp³-hybridized carbons (Fsp3) is 1.00. The average molecular weight is 270 g/mol. The zero-order valence-electron chi connectivity index (χ0n) is 13.4. The number of methoxy groups -OCH3 is 1. The van der Waals surface area contributed by atoms with Crippen molar-refractivity contribution in [2.45, 2.75) is 46.0 Å². The molecule has 1 fully saturated rings. The summed E-state index contributed by atoms with van der Waals surface area (Å²) in [6.07, 6.45) is 6.60. The van der Waals surface area contributed by atoms with Crippen LogP contribution in [0.4, 0.5) is 0 Å². The maximum absolute atomic E-state index is 5.08. The molecule has 1 rings (SSSR count). The number of nitrogens with zero attached hydrogens (tertiary/aromatic N) is 2. The smallest absolute Gasteiger partial charge is 0.0462 e. The predicted molar refractivity (Wildman–Crippen MR) is 82.7 cm³/mol. The van der Waals surface area contributed by atoms with E-state index in [-0.39, 0.29) is 0 Å². The van der Waals surface area contributed by atoms with Crippen LogP contribution in [0.3, 0.4) is 0 Å². The molecule has 0 atom stereocenters. The molecular formula is C16H34N2O. The third-order valence-corrected chi connectivity index (χ3v) is 4.04. The minimum atomic E-state index is 0.855. The molecule has 0 amide bonds. The number of hydrogen-bond donors (Lipinski definition) is 0. The Kier molecular flexibility index (Phi) is 9.48. The van der Waals surface area contributed by atoms with Crippen LogP contribution in [0.25, 0.3) is 0 Å². The van der Waals surface area contributed by atoms with Crippen LogP contribution in [0.2, 0.25) is 0 Å². The average Bonchev–Trinajstić information content (AvgIpc) is 2.40. The van der Waals surface area contributed by atoms with Crippen molar-refractivity contribution in [3.8, 4) is 0 Å². The van der Waals surface area contributed by atoms with Crippen LogP contribution in [0, 0.1) is 5.92 Å². The second kappa shape index (κ2) is 10.6. The largest absolute Gasteiger partial charge is 0.385 e. The number of rotatable bonds is 10. The lowest BCUT2D eigenvalue weighted by Gasteiger charge is -2.34. The minimum absolute atomic E-state index is 0.855. The number of unbranched alkanes of at least 4 members (excludes halogenated alkanes) is 2. The minimum Gasteiger partial charge on any atom is -0.385 e. The van der Waals surface area contributed by atoms with Gasteiger partial charge < -0.3 is 14.5 Å². The zero-order valence-corrected chi connectivity index (χ0v) is 13.4. The number of piperazine rings is 1. The Morgan fingerprint density at radius 2 is 1.42 bits per heavy atom. The van der Waals surface area contributed by atoms with E-state index in [0.29, 0.717) is 0 Å². The highest BCUT2D eigenvalue weighted by Gasteiger charge is 2.15. The summed E-state index contributed by atoms with van der Waals surface area (Å²) in [4.78, 5) is 5.27. The van der Waals surface area contributed by atoms with Gasteiger partial charge in [0.25, 0.3) is 0 Å². The lowest BCUT2D eigenvalue weighted by Crippen LogP contribution is -2.46. The normalized spacial score (nSPS) is 18.3. The van der Waals surface area contributed by atoms with Crippen molar-refractivity contribution in [2.24, 2.45) is 5.92 Å². The van der Waals surface area contributed by atoms with Gasteiger partial charge in [-0.3, -0.25) is 0 Å². The van der Waals surface area contributed by atoms with Gasteiger partial charge in [-0.2, -0.15) is 0 Å². The van der Waals surface area contributed by atoms with Gasteiger partial charge >= 0.3 is 0 Å². The molecule has 1 aliphatic heterocycles. The van der Waals surface area contributed by atoms with Gasteiger partial charge in [0.15, 0.2) is 0 Å². The van der Waals surface area contributed by atoms with E-state index >= 15 is 0 Å². The topological polar surface area (TPSA) is 15.7 Å². The third-order valence-electron chi connectivity index (χ3n) is 4.04. The third kappa shape index (κ3) is 8.61. The predicted octanol–water partition coefficient (Wildman–Crippen LogP) is 2.86. The molecule has 19 heavy (non-hydrogen) atoms. The molecule has 1 aliphatic rings. The van der Waals surface area contributed by atoms with Crippen molar-refractivity contribution in [2.75, 3.05) is 53.0 Å². The molecule has 0 aromatic heterocycles. The molecular weight excluding hydrogens is 236 g/mol. The maximum Gasteiger partial charge on any atom is 0.0462 e. The van der Waals surface area contributed by atoms with Crippen molar-refractivity contribution >= 4 is 0 Å². The highest BCUT2D eigenvalue weighted by atomic mass is 16.5. The molecule has 0 aromatic rings. The Morgan fingerprint density at radius 1 is 0.842 bits per heavy atom. The molecule has 0 bridgehead atoms. The first-order chi connectivity index (χ1) is 9.22. The van der Waals surface area contributed by atoms with Crippen LogP contribution >= 0.6 is 0 Å². The Labute approximate surface area is 120 Å². The van der Waals surface area contributed by atoms with Crippen LogP contribution < -0.4 is 0 Å². The summed E-state index contributed by atoms with van der Waals surface area (Å²) in [5.41, 5.74) is 0. The fourth-order valence-corrected chi connectivity index (χ4v) is 2.72. The number of ether oxygens (including phenoxy) is 1. The van der Waals surface area contributed by atoms with Crippen LogP contribution in [0.1, 0.15) is 46.0 Å². The van der Waals surface area contributed by atoms with Gasteiger partial charge in [-0.1, -0.05) is 13.8 Å². The summed E-state index contributed by atoms with van der Waals surface area (Å²) in [5.74, 6) is 0.855. The van der Waals surface area contributed by atoms with Crippen molar-refractivity contribution in [1.29, 1.82) is 0 Å². The molecule has 1 saturated heterocycles. The van der Waals surface area contributed by atoms with Crippen LogP contribution in [-0.4, -0.2) is 62.8 Å².